The number of carbonyl (C=O) groups excluding carboxylic acids is 2. The summed E-state index contributed by atoms with van der Waals surface area (Å²) in [6.07, 6.45) is 5.51. The van der Waals surface area contributed by atoms with E-state index in [2.05, 4.69) is 5.32 Å². The Balaban J connectivity index is 1.48. The monoisotopic (exact) mass is 653 g/mol. The highest BCUT2D eigenvalue weighted by Gasteiger charge is 2.34. The van der Waals surface area contributed by atoms with E-state index >= 15 is 0 Å². The number of nitrogens with zero attached hydrogens (tertiary/aromatic N) is 2. The Hall–Kier alpha value is -4.63. The van der Waals surface area contributed by atoms with Gasteiger partial charge in [0, 0.05) is 12.6 Å². The molecule has 1 saturated carbocycles. The van der Waals surface area contributed by atoms with E-state index in [1.165, 1.54) is 12.1 Å². The van der Waals surface area contributed by atoms with Crippen molar-refractivity contribution < 1.29 is 22.7 Å². The van der Waals surface area contributed by atoms with E-state index in [4.69, 9.17) is 4.74 Å². The number of sulfonamides is 1. The van der Waals surface area contributed by atoms with Crippen molar-refractivity contribution in [2.75, 3.05) is 10.8 Å². The molecule has 0 heterocycles. The minimum absolute atomic E-state index is 0.0601. The largest absolute Gasteiger partial charge is 0.457 e. The molecule has 9 heteroatoms. The first-order valence-corrected chi connectivity index (χ1v) is 17.8. The van der Waals surface area contributed by atoms with Gasteiger partial charge in [-0.1, -0.05) is 86.8 Å². The molecule has 0 spiro atoms. The molecular formula is C38H43N3O5S. The van der Waals surface area contributed by atoms with Crippen molar-refractivity contribution in [3.63, 3.8) is 0 Å². The van der Waals surface area contributed by atoms with Crippen LogP contribution >= 0.6 is 0 Å². The summed E-state index contributed by atoms with van der Waals surface area (Å²) in [6, 6.07) is 31.0. The number of hydrogen-bond donors (Lipinski definition) is 1. The number of carbonyl (C=O) groups is 2. The molecule has 8 nitrogen and oxygen atoms in total. The predicted molar refractivity (Wildman–Crippen MR) is 185 cm³/mol. The molecule has 0 aromatic heterocycles. The van der Waals surface area contributed by atoms with Crippen LogP contribution in [0, 0.1) is 6.92 Å². The molecule has 4 aromatic rings. The third kappa shape index (κ3) is 8.60. The summed E-state index contributed by atoms with van der Waals surface area (Å²) in [5.41, 5.74) is 2.18. The third-order valence-electron chi connectivity index (χ3n) is 8.65. The predicted octanol–water partition coefficient (Wildman–Crippen LogP) is 7.24. The quantitative estimate of drug-likeness (QED) is 0.164. The SMILES string of the molecule is CC[C@H](C(=O)NC1CCCCC1)N(Cc1ccccc1C)C(=O)CN(c1ccc(Oc2ccccc2)cc1)S(=O)(=O)c1ccccc1. The van der Waals surface area contributed by atoms with Gasteiger partial charge in [0.25, 0.3) is 10.0 Å². The number of para-hydroxylation sites is 1. The Morgan fingerprint density at radius 2 is 1.40 bits per heavy atom. The lowest BCUT2D eigenvalue weighted by atomic mass is 9.95. The highest BCUT2D eigenvalue weighted by Crippen LogP contribution is 2.29. The van der Waals surface area contributed by atoms with Crippen molar-refractivity contribution in [1.29, 1.82) is 0 Å². The van der Waals surface area contributed by atoms with Gasteiger partial charge in [-0.25, -0.2) is 8.42 Å². The van der Waals surface area contributed by atoms with Gasteiger partial charge in [-0.3, -0.25) is 13.9 Å². The van der Waals surface area contributed by atoms with Gasteiger partial charge < -0.3 is 15.0 Å². The Morgan fingerprint density at radius 3 is 2.04 bits per heavy atom. The summed E-state index contributed by atoms with van der Waals surface area (Å²) >= 11 is 0. The topological polar surface area (TPSA) is 96.0 Å². The lowest BCUT2D eigenvalue weighted by Gasteiger charge is -2.34. The maximum atomic E-state index is 14.4. The van der Waals surface area contributed by atoms with Crippen LogP contribution in [-0.4, -0.2) is 43.8 Å². The molecule has 1 fully saturated rings. The first-order chi connectivity index (χ1) is 22.8. The molecule has 0 radical (unpaired) electrons. The maximum Gasteiger partial charge on any atom is 0.264 e. The summed E-state index contributed by atoms with van der Waals surface area (Å²) in [7, 11) is -4.17. The number of benzene rings is 4. The van der Waals surface area contributed by atoms with Crippen LogP contribution in [0.2, 0.25) is 0 Å². The van der Waals surface area contributed by atoms with Gasteiger partial charge >= 0.3 is 0 Å². The average molecular weight is 654 g/mol. The molecule has 5 rings (SSSR count). The van der Waals surface area contributed by atoms with Crippen molar-refractivity contribution in [3.05, 3.63) is 120 Å². The van der Waals surface area contributed by atoms with Crippen molar-refractivity contribution in [3.8, 4) is 11.5 Å². The van der Waals surface area contributed by atoms with Gasteiger partial charge in [-0.2, -0.15) is 0 Å². The molecule has 1 atom stereocenters. The van der Waals surface area contributed by atoms with Crippen LogP contribution in [0.3, 0.4) is 0 Å². The number of aryl methyl sites for hydroxylation is 1. The second-order valence-corrected chi connectivity index (χ2v) is 13.8. The summed E-state index contributed by atoms with van der Waals surface area (Å²) in [5, 5.41) is 3.19. The Labute approximate surface area is 278 Å². The summed E-state index contributed by atoms with van der Waals surface area (Å²) in [4.78, 5) is 29.8. The third-order valence-corrected chi connectivity index (χ3v) is 10.4. The van der Waals surface area contributed by atoms with Crippen molar-refractivity contribution in [2.45, 2.75) is 75.9 Å². The number of anilines is 1. The van der Waals surface area contributed by atoms with Crippen molar-refractivity contribution in [1.82, 2.24) is 10.2 Å². The summed E-state index contributed by atoms with van der Waals surface area (Å²) < 4.78 is 35.4. The number of ether oxygens (including phenoxy) is 1. The standard InChI is InChI=1S/C38H43N3O5S/c1-3-36(38(43)39-31-17-7-4-8-18-31)40(27-30-16-14-13-15-29(30)2)37(42)28-41(47(44,45)35-21-11-6-12-22-35)32-23-25-34(26-24-32)46-33-19-9-5-10-20-33/h5-6,9-16,19-26,31,36H,3-4,7-8,17-18,27-28H2,1-2H3,(H,39,43)/t36-/m1/s1. The normalized spacial score (nSPS) is 14.2. The molecule has 2 amide bonds. The zero-order chi connectivity index (χ0) is 33.2. The molecule has 246 valence electrons. The number of amides is 2. The Bertz CT molecular complexity index is 1720. The number of rotatable bonds is 13. The first kappa shape index (κ1) is 33.7. The van der Waals surface area contributed by atoms with E-state index in [-0.39, 0.29) is 23.4 Å². The van der Waals surface area contributed by atoms with E-state index in [0.29, 0.717) is 23.6 Å². The summed E-state index contributed by atoms with van der Waals surface area (Å²) in [6.45, 7) is 3.53. The zero-order valence-electron chi connectivity index (χ0n) is 27.0. The fourth-order valence-electron chi connectivity index (χ4n) is 5.99. The smallest absolute Gasteiger partial charge is 0.264 e. The second kappa shape index (κ2) is 15.8. The van der Waals surface area contributed by atoms with Crippen LogP contribution in [0.4, 0.5) is 5.69 Å². The molecule has 0 aliphatic heterocycles. The van der Waals surface area contributed by atoms with Crippen LogP contribution in [0.1, 0.15) is 56.6 Å². The first-order valence-electron chi connectivity index (χ1n) is 16.3. The number of hydrogen-bond acceptors (Lipinski definition) is 5. The molecule has 0 saturated heterocycles. The molecular weight excluding hydrogens is 611 g/mol. The van der Waals surface area contributed by atoms with Crippen LogP contribution in [0.15, 0.2) is 114 Å². The lowest BCUT2D eigenvalue weighted by molar-refractivity contribution is -0.140. The highest BCUT2D eigenvalue weighted by molar-refractivity contribution is 7.92. The van der Waals surface area contributed by atoms with Crippen LogP contribution in [0.5, 0.6) is 11.5 Å². The van der Waals surface area contributed by atoms with Gasteiger partial charge in [0.1, 0.15) is 24.1 Å². The van der Waals surface area contributed by atoms with E-state index in [1.54, 1.807) is 47.4 Å². The van der Waals surface area contributed by atoms with Crippen LogP contribution < -0.4 is 14.4 Å². The second-order valence-electron chi connectivity index (χ2n) is 11.9. The van der Waals surface area contributed by atoms with Gasteiger partial charge in [-0.15, -0.1) is 0 Å². The molecule has 1 N–H and O–H groups in total. The fourth-order valence-corrected chi connectivity index (χ4v) is 7.42. The Morgan fingerprint density at radius 1 is 0.809 bits per heavy atom. The molecule has 0 unspecified atom stereocenters. The maximum absolute atomic E-state index is 14.4. The minimum Gasteiger partial charge on any atom is -0.457 e. The molecule has 1 aliphatic carbocycles. The van der Waals surface area contributed by atoms with Gasteiger partial charge in [0.15, 0.2) is 0 Å². The molecule has 1 aliphatic rings. The molecule has 47 heavy (non-hydrogen) atoms. The summed E-state index contributed by atoms with van der Waals surface area (Å²) in [5.74, 6) is 0.493. The zero-order valence-corrected chi connectivity index (χ0v) is 27.9. The van der Waals surface area contributed by atoms with E-state index < -0.39 is 28.5 Å². The van der Waals surface area contributed by atoms with Gasteiger partial charge in [0.2, 0.25) is 11.8 Å². The van der Waals surface area contributed by atoms with Crippen molar-refractivity contribution in [2.24, 2.45) is 0 Å². The van der Waals surface area contributed by atoms with Crippen LogP contribution in [-0.2, 0) is 26.2 Å². The fraction of sp³-hybridized carbons (Fsp3) is 0.316. The average Bonchev–Trinajstić information content (AvgIpc) is 3.09. The van der Waals surface area contributed by atoms with Gasteiger partial charge in [-0.05, 0) is 85.8 Å². The molecule has 4 aromatic carbocycles. The van der Waals surface area contributed by atoms with E-state index in [1.807, 2.05) is 68.4 Å². The minimum atomic E-state index is -4.17. The Kier molecular flexibility index (Phi) is 11.3. The number of nitrogens with one attached hydrogen (secondary N) is 1. The van der Waals surface area contributed by atoms with E-state index in [0.717, 1.165) is 47.5 Å². The molecule has 0 bridgehead atoms. The van der Waals surface area contributed by atoms with Crippen LogP contribution in [0.25, 0.3) is 0 Å². The lowest BCUT2D eigenvalue weighted by Crippen LogP contribution is -2.54. The van der Waals surface area contributed by atoms with Gasteiger partial charge in [0.05, 0.1) is 10.6 Å². The highest BCUT2D eigenvalue weighted by atomic mass is 32.2. The van der Waals surface area contributed by atoms with Crippen molar-refractivity contribution >= 4 is 27.5 Å². The van der Waals surface area contributed by atoms with E-state index in [9.17, 15) is 18.0 Å².